The Morgan fingerprint density at radius 2 is 2.11 bits per heavy atom. The van der Waals surface area contributed by atoms with Crippen LogP contribution in [-0.4, -0.2) is 42.4 Å². The molecule has 106 valence electrons. The number of benzene rings is 1. The molecule has 0 amide bonds. The number of hydrogen-bond acceptors (Lipinski definition) is 3. The Hall–Kier alpha value is -0.420. The second-order valence-electron chi connectivity index (χ2n) is 5.27. The van der Waals surface area contributed by atoms with E-state index in [1.807, 2.05) is 24.3 Å². The summed E-state index contributed by atoms with van der Waals surface area (Å²) in [5.41, 5.74) is 0.979. The first-order chi connectivity index (χ1) is 9.08. The lowest BCUT2D eigenvalue weighted by Gasteiger charge is -2.27. The van der Waals surface area contributed by atoms with Crippen molar-refractivity contribution in [1.29, 1.82) is 0 Å². The predicted molar refractivity (Wildman–Crippen MR) is 80.2 cm³/mol. The Balaban J connectivity index is 1.82. The third-order valence-electron chi connectivity index (χ3n) is 3.91. The average Bonchev–Trinajstić information content (AvgIpc) is 2.83. The summed E-state index contributed by atoms with van der Waals surface area (Å²) in [5, 5.41) is 10.2. The number of hydrogen-bond donors (Lipinski definition) is 1. The Bertz CT molecular complexity index is 396. The number of halogens is 1. The number of likely N-dealkylation sites (N-methyl/N-ethyl adjacent to an activating group) is 1. The van der Waals surface area contributed by atoms with Crippen LogP contribution in [0.15, 0.2) is 28.7 Å². The van der Waals surface area contributed by atoms with Crippen LogP contribution in [0.1, 0.15) is 31.4 Å². The van der Waals surface area contributed by atoms with Crippen LogP contribution in [0.2, 0.25) is 0 Å². The van der Waals surface area contributed by atoms with Crippen LogP contribution in [0.3, 0.4) is 0 Å². The molecule has 1 heterocycles. The highest BCUT2D eigenvalue weighted by Gasteiger charge is 2.27. The molecule has 1 aromatic rings. The van der Waals surface area contributed by atoms with Crippen LogP contribution in [0.25, 0.3) is 0 Å². The van der Waals surface area contributed by atoms with E-state index in [1.54, 1.807) is 0 Å². The number of ether oxygens (including phenoxy) is 1. The number of nitrogens with zero attached hydrogens (tertiary/aromatic N) is 1. The van der Waals surface area contributed by atoms with Crippen molar-refractivity contribution in [3.63, 3.8) is 0 Å². The molecule has 3 nitrogen and oxygen atoms in total. The van der Waals surface area contributed by atoms with Crippen LogP contribution < -0.4 is 0 Å². The summed E-state index contributed by atoms with van der Waals surface area (Å²) < 4.78 is 6.62. The number of rotatable bonds is 5. The standard InChI is InChI=1S/C15H22BrNO2/c1-11-14(8-10-19-11)17(2)9-7-15(18)12-3-5-13(16)6-4-12/h3-6,11,14-15,18H,7-10H2,1-2H3. The first kappa shape index (κ1) is 15.0. The molecular formula is C15H22BrNO2. The van der Waals surface area contributed by atoms with Crippen LogP contribution in [0.5, 0.6) is 0 Å². The van der Waals surface area contributed by atoms with Gasteiger partial charge in [-0.2, -0.15) is 0 Å². The highest BCUT2D eigenvalue weighted by Crippen LogP contribution is 2.22. The van der Waals surface area contributed by atoms with E-state index in [0.29, 0.717) is 12.1 Å². The number of aliphatic hydroxyl groups excluding tert-OH is 1. The van der Waals surface area contributed by atoms with E-state index in [9.17, 15) is 5.11 Å². The fourth-order valence-electron chi connectivity index (χ4n) is 2.64. The van der Waals surface area contributed by atoms with E-state index in [0.717, 1.165) is 36.0 Å². The molecule has 0 radical (unpaired) electrons. The van der Waals surface area contributed by atoms with Gasteiger partial charge in [-0.3, -0.25) is 0 Å². The van der Waals surface area contributed by atoms with Crippen molar-refractivity contribution in [2.24, 2.45) is 0 Å². The van der Waals surface area contributed by atoms with E-state index >= 15 is 0 Å². The molecule has 19 heavy (non-hydrogen) atoms. The summed E-state index contributed by atoms with van der Waals surface area (Å²) in [4.78, 5) is 2.31. The van der Waals surface area contributed by atoms with Gasteiger partial charge in [-0.25, -0.2) is 0 Å². The Morgan fingerprint density at radius 1 is 1.42 bits per heavy atom. The lowest BCUT2D eigenvalue weighted by molar-refractivity contribution is 0.0749. The molecule has 1 fully saturated rings. The molecule has 3 unspecified atom stereocenters. The minimum Gasteiger partial charge on any atom is -0.388 e. The highest BCUT2D eigenvalue weighted by atomic mass is 79.9. The van der Waals surface area contributed by atoms with Crippen molar-refractivity contribution in [2.75, 3.05) is 20.2 Å². The maximum Gasteiger partial charge on any atom is 0.0802 e. The van der Waals surface area contributed by atoms with Gasteiger partial charge in [-0.15, -0.1) is 0 Å². The smallest absolute Gasteiger partial charge is 0.0802 e. The van der Waals surface area contributed by atoms with Gasteiger partial charge in [0, 0.05) is 23.7 Å². The summed E-state index contributed by atoms with van der Waals surface area (Å²) >= 11 is 3.40. The maximum atomic E-state index is 10.2. The summed E-state index contributed by atoms with van der Waals surface area (Å²) in [6.45, 7) is 3.86. The zero-order valence-corrected chi connectivity index (χ0v) is 13.1. The van der Waals surface area contributed by atoms with Crippen molar-refractivity contribution >= 4 is 15.9 Å². The molecule has 4 heteroatoms. The molecule has 3 atom stereocenters. The summed E-state index contributed by atoms with van der Waals surface area (Å²) in [5.74, 6) is 0. The summed E-state index contributed by atoms with van der Waals surface area (Å²) in [7, 11) is 2.12. The second kappa shape index (κ2) is 6.84. The minimum absolute atomic E-state index is 0.301. The normalized spacial score (nSPS) is 24.9. The van der Waals surface area contributed by atoms with Crippen LogP contribution >= 0.6 is 15.9 Å². The molecule has 0 saturated carbocycles. The van der Waals surface area contributed by atoms with E-state index < -0.39 is 6.10 Å². The van der Waals surface area contributed by atoms with Crippen molar-refractivity contribution < 1.29 is 9.84 Å². The van der Waals surface area contributed by atoms with Crippen molar-refractivity contribution in [2.45, 2.75) is 38.0 Å². The summed E-state index contributed by atoms with van der Waals surface area (Å²) in [6.07, 6.45) is 1.75. The summed E-state index contributed by atoms with van der Waals surface area (Å²) in [6, 6.07) is 8.35. The van der Waals surface area contributed by atoms with Gasteiger partial charge in [-0.05, 0) is 44.5 Å². The van der Waals surface area contributed by atoms with Crippen LogP contribution in [0, 0.1) is 0 Å². The zero-order valence-electron chi connectivity index (χ0n) is 11.6. The van der Waals surface area contributed by atoms with Gasteiger partial charge in [0.1, 0.15) is 0 Å². The second-order valence-corrected chi connectivity index (χ2v) is 6.18. The molecule has 0 spiro atoms. The monoisotopic (exact) mass is 327 g/mol. The van der Waals surface area contributed by atoms with Gasteiger partial charge in [0.15, 0.2) is 0 Å². The van der Waals surface area contributed by atoms with Gasteiger partial charge in [0.25, 0.3) is 0 Å². The van der Waals surface area contributed by atoms with Gasteiger partial charge < -0.3 is 14.7 Å². The minimum atomic E-state index is -0.395. The van der Waals surface area contributed by atoms with Crippen molar-refractivity contribution in [3.05, 3.63) is 34.3 Å². The Labute approximate surface area is 123 Å². The fourth-order valence-corrected chi connectivity index (χ4v) is 2.91. The SMILES string of the molecule is CC1OCCC1N(C)CCC(O)c1ccc(Br)cc1. The van der Waals surface area contributed by atoms with Crippen molar-refractivity contribution in [1.82, 2.24) is 4.90 Å². The fraction of sp³-hybridized carbons (Fsp3) is 0.600. The first-order valence-corrected chi connectivity index (χ1v) is 7.62. The Morgan fingerprint density at radius 3 is 2.68 bits per heavy atom. The quantitative estimate of drug-likeness (QED) is 0.902. The third kappa shape index (κ3) is 4.02. The molecule has 0 bridgehead atoms. The maximum absolute atomic E-state index is 10.2. The molecule has 0 aromatic heterocycles. The first-order valence-electron chi connectivity index (χ1n) is 6.83. The number of aliphatic hydroxyl groups is 1. The van der Waals surface area contributed by atoms with Crippen LogP contribution in [0.4, 0.5) is 0 Å². The molecule has 1 saturated heterocycles. The lowest BCUT2D eigenvalue weighted by Crippen LogP contribution is -2.37. The topological polar surface area (TPSA) is 32.7 Å². The van der Waals surface area contributed by atoms with Crippen molar-refractivity contribution in [3.8, 4) is 0 Å². The molecular weight excluding hydrogens is 306 g/mol. The van der Waals surface area contributed by atoms with E-state index in [-0.39, 0.29) is 0 Å². The van der Waals surface area contributed by atoms with Crippen LogP contribution in [-0.2, 0) is 4.74 Å². The molecule has 1 aliphatic heterocycles. The van der Waals surface area contributed by atoms with Gasteiger partial charge in [0.2, 0.25) is 0 Å². The van der Waals surface area contributed by atoms with Gasteiger partial charge >= 0.3 is 0 Å². The molecule has 1 aliphatic rings. The lowest BCUT2D eigenvalue weighted by atomic mass is 10.1. The van der Waals surface area contributed by atoms with E-state index in [4.69, 9.17) is 4.74 Å². The van der Waals surface area contributed by atoms with E-state index in [2.05, 4.69) is 34.8 Å². The van der Waals surface area contributed by atoms with Gasteiger partial charge in [0.05, 0.1) is 12.2 Å². The average molecular weight is 328 g/mol. The molecule has 0 aliphatic carbocycles. The largest absolute Gasteiger partial charge is 0.388 e. The Kier molecular flexibility index (Phi) is 5.39. The third-order valence-corrected chi connectivity index (χ3v) is 4.44. The molecule has 2 rings (SSSR count). The predicted octanol–water partition coefficient (Wildman–Crippen LogP) is 2.98. The highest BCUT2D eigenvalue weighted by molar-refractivity contribution is 9.10. The van der Waals surface area contributed by atoms with Gasteiger partial charge in [-0.1, -0.05) is 28.1 Å². The molecule has 1 aromatic carbocycles. The van der Waals surface area contributed by atoms with E-state index in [1.165, 1.54) is 0 Å². The molecule has 1 N–H and O–H groups in total. The zero-order chi connectivity index (χ0) is 13.8.